The van der Waals surface area contributed by atoms with Crippen molar-refractivity contribution in [1.82, 2.24) is 10.6 Å². The van der Waals surface area contributed by atoms with E-state index >= 15 is 0 Å². The molecule has 2 atom stereocenters. The van der Waals surface area contributed by atoms with Crippen LogP contribution in [0.5, 0.6) is 0 Å². The number of amides is 2. The lowest BCUT2D eigenvalue weighted by Crippen LogP contribution is -2.69. The van der Waals surface area contributed by atoms with E-state index in [0.29, 0.717) is 34.0 Å². The first-order chi connectivity index (χ1) is 15.3. The van der Waals surface area contributed by atoms with Gasteiger partial charge in [0.25, 0.3) is 5.79 Å². The molecule has 0 radical (unpaired) electrons. The molecule has 2 spiro atoms. The standard InChI is InChI=1S/C23H20Cl2N2O5/c24-15-7-3-5-13(11-15)17-23(19(28)31-22(32-20(23)29)9-1-2-10-22)18(27-21(30)26-17)14-6-4-8-16(25)12-14/h3-8,11-12,17-18H,1-2,9-10H2,(H2,26,27,30)/t17-,18+. The minimum absolute atomic E-state index is 0.398. The van der Waals surface area contributed by atoms with Crippen molar-refractivity contribution in [3.05, 3.63) is 69.7 Å². The van der Waals surface area contributed by atoms with Crippen molar-refractivity contribution in [3.8, 4) is 0 Å². The zero-order chi connectivity index (χ0) is 22.5. The average Bonchev–Trinajstić information content (AvgIpc) is 3.19. The second kappa shape index (κ2) is 7.67. The van der Waals surface area contributed by atoms with Gasteiger partial charge in [0.1, 0.15) is 0 Å². The highest BCUT2D eigenvalue weighted by atomic mass is 35.5. The molecule has 2 heterocycles. The van der Waals surface area contributed by atoms with Crippen LogP contribution in [0, 0.1) is 5.41 Å². The molecule has 1 aliphatic carbocycles. The summed E-state index contributed by atoms with van der Waals surface area (Å²) in [6.07, 6.45) is 2.48. The van der Waals surface area contributed by atoms with Crippen LogP contribution in [0.15, 0.2) is 48.5 Å². The van der Waals surface area contributed by atoms with Gasteiger partial charge in [0.2, 0.25) is 5.41 Å². The number of hydrogen-bond donors (Lipinski definition) is 2. The number of urea groups is 1. The average molecular weight is 475 g/mol. The molecule has 9 heteroatoms. The summed E-state index contributed by atoms with van der Waals surface area (Å²) in [5.41, 5.74) is -0.955. The van der Waals surface area contributed by atoms with Gasteiger partial charge in [0.15, 0.2) is 0 Å². The van der Waals surface area contributed by atoms with Gasteiger partial charge in [-0.1, -0.05) is 47.5 Å². The Bertz CT molecular complexity index is 1040. The zero-order valence-electron chi connectivity index (χ0n) is 16.9. The van der Waals surface area contributed by atoms with Crippen molar-refractivity contribution >= 4 is 41.2 Å². The summed E-state index contributed by atoms with van der Waals surface area (Å²) in [6, 6.07) is 10.6. The maximum absolute atomic E-state index is 13.8. The highest BCUT2D eigenvalue weighted by molar-refractivity contribution is 6.31. The second-order valence-corrected chi connectivity index (χ2v) is 9.23. The van der Waals surface area contributed by atoms with Crippen molar-refractivity contribution in [3.63, 3.8) is 0 Å². The Balaban J connectivity index is 1.70. The highest BCUT2D eigenvalue weighted by Gasteiger charge is 2.69. The molecule has 5 rings (SSSR count). The third-order valence-electron chi connectivity index (χ3n) is 6.42. The van der Waals surface area contributed by atoms with Crippen LogP contribution in [0.25, 0.3) is 0 Å². The van der Waals surface area contributed by atoms with Gasteiger partial charge in [0.05, 0.1) is 12.1 Å². The summed E-state index contributed by atoms with van der Waals surface area (Å²) in [4.78, 5) is 40.3. The van der Waals surface area contributed by atoms with Crippen LogP contribution in [0.3, 0.4) is 0 Å². The van der Waals surface area contributed by atoms with E-state index in [1.54, 1.807) is 48.5 Å². The fourth-order valence-electron chi connectivity index (χ4n) is 4.96. The highest BCUT2D eigenvalue weighted by Crippen LogP contribution is 2.54. The molecular formula is C23H20Cl2N2O5. The van der Waals surface area contributed by atoms with Crippen molar-refractivity contribution in [2.24, 2.45) is 5.41 Å². The van der Waals surface area contributed by atoms with Crippen LogP contribution in [0.2, 0.25) is 10.0 Å². The number of nitrogens with one attached hydrogen (secondary N) is 2. The van der Waals surface area contributed by atoms with Crippen LogP contribution in [0.1, 0.15) is 48.9 Å². The molecule has 3 fully saturated rings. The molecule has 3 aliphatic rings. The molecule has 32 heavy (non-hydrogen) atoms. The van der Waals surface area contributed by atoms with E-state index in [9.17, 15) is 14.4 Å². The predicted octanol–water partition coefficient (Wildman–Crippen LogP) is 4.45. The Morgan fingerprint density at radius 1 is 0.781 bits per heavy atom. The summed E-state index contributed by atoms with van der Waals surface area (Å²) >= 11 is 12.4. The lowest BCUT2D eigenvalue weighted by atomic mass is 9.67. The molecule has 7 nitrogen and oxygen atoms in total. The number of carbonyl (C=O) groups excluding carboxylic acids is 3. The minimum atomic E-state index is -1.92. The summed E-state index contributed by atoms with van der Waals surface area (Å²) < 4.78 is 11.7. The molecule has 2 aromatic carbocycles. The van der Waals surface area contributed by atoms with Gasteiger partial charge in [0, 0.05) is 22.9 Å². The van der Waals surface area contributed by atoms with E-state index in [4.69, 9.17) is 32.7 Å². The fourth-order valence-corrected chi connectivity index (χ4v) is 5.36. The van der Waals surface area contributed by atoms with E-state index in [-0.39, 0.29) is 0 Å². The molecular weight excluding hydrogens is 455 g/mol. The van der Waals surface area contributed by atoms with Gasteiger partial charge < -0.3 is 20.1 Å². The molecule has 166 valence electrons. The maximum atomic E-state index is 13.8. The Kier molecular flexibility index (Phi) is 5.06. The summed E-state index contributed by atoms with van der Waals surface area (Å²) in [6.45, 7) is 0. The SMILES string of the molecule is O=C1N[C@H](c2cccc(Cl)c2)C2(C(=O)OC3(CCCC3)OC2=O)[C@H](c2cccc(Cl)c2)N1. The van der Waals surface area contributed by atoms with Gasteiger partial charge in [-0.3, -0.25) is 9.59 Å². The number of hydrogen-bond acceptors (Lipinski definition) is 5. The molecule has 0 aromatic heterocycles. The second-order valence-electron chi connectivity index (χ2n) is 8.36. The van der Waals surface area contributed by atoms with E-state index in [1.807, 2.05) is 0 Å². The first kappa shape index (κ1) is 21.1. The minimum Gasteiger partial charge on any atom is -0.421 e. The predicted molar refractivity (Wildman–Crippen MR) is 116 cm³/mol. The van der Waals surface area contributed by atoms with Crippen molar-refractivity contribution < 1.29 is 23.9 Å². The first-order valence-electron chi connectivity index (χ1n) is 10.4. The summed E-state index contributed by atoms with van der Waals surface area (Å²) in [5.74, 6) is -2.75. The number of esters is 2. The zero-order valence-corrected chi connectivity index (χ0v) is 18.4. The Morgan fingerprint density at radius 3 is 1.69 bits per heavy atom. The van der Waals surface area contributed by atoms with E-state index < -0.39 is 41.3 Å². The molecule has 2 aliphatic heterocycles. The molecule has 2 N–H and O–H groups in total. The van der Waals surface area contributed by atoms with Crippen LogP contribution in [-0.2, 0) is 19.1 Å². The number of carbonyl (C=O) groups is 3. The molecule has 2 amide bonds. The van der Waals surface area contributed by atoms with E-state index in [1.165, 1.54) is 0 Å². The quantitative estimate of drug-likeness (QED) is 0.495. The van der Waals surface area contributed by atoms with Crippen molar-refractivity contribution in [2.75, 3.05) is 0 Å². The van der Waals surface area contributed by atoms with Gasteiger partial charge in [-0.2, -0.15) is 0 Å². The third kappa shape index (κ3) is 3.22. The molecule has 0 unspecified atom stereocenters. The number of benzene rings is 2. The maximum Gasteiger partial charge on any atom is 0.331 e. The topological polar surface area (TPSA) is 93.7 Å². The van der Waals surface area contributed by atoms with Gasteiger partial charge >= 0.3 is 18.0 Å². The lowest BCUT2D eigenvalue weighted by molar-refractivity contribution is -0.266. The number of ether oxygens (including phenoxy) is 2. The normalized spacial score (nSPS) is 25.8. The Labute approximate surface area is 194 Å². The molecule has 0 bridgehead atoms. The summed E-state index contributed by atoms with van der Waals surface area (Å²) in [7, 11) is 0. The largest absolute Gasteiger partial charge is 0.421 e. The van der Waals surface area contributed by atoms with Crippen LogP contribution >= 0.6 is 23.2 Å². The fraction of sp³-hybridized carbons (Fsp3) is 0.348. The van der Waals surface area contributed by atoms with Crippen LogP contribution in [0.4, 0.5) is 4.79 Å². The Morgan fingerprint density at radius 2 is 1.25 bits per heavy atom. The number of halogens is 2. The molecule has 2 aromatic rings. The van der Waals surface area contributed by atoms with Crippen molar-refractivity contribution in [1.29, 1.82) is 0 Å². The lowest BCUT2D eigenvalue weighted by Gasteiger charge is -2.50. The smallest absolute Gasteiger partial charge is 0.331 e. The van der Waals surface area contributed by atoms with Crippen LogP contribution < -0.4 is 10.6 Å². The molecule has 2 saturated heterocycles. The van der Waals surface area contributed by atoms with E-state index in [0.717, 1.165) is 12.8 Å². The van der Waals surface area contributed by atoms with Crippen molar-refractivity contribution in [2.45, 2.75) is 43.6 Å². The molecule has 1 saturated carbocycles. The summed E-state index contributed by atoms with van der Waals surface area (Å²) in [5, 5.41) is 6.26. The van der Waals surface area contributed by atoms with Gasteiger partial charge in [-0.05, 0) is 48.2 Å². The Hall–Kier alpha value is -2.77. The van der Waals surface area contributed by atoms with Gasteiger partial charge in [-0.25, -0.2) is 4.79 Å². The van der Waals surface area contributed by atoms with Crippen LogP contribution in [-0.4, -0.2) is 23.8 Å². The van der Waals surface area contributed by atoms with E-state index in [2.05, 4.69) is 10.6 Å². The first-order valence-corrected chi connectivity index (χ1v) is 11.1. The monoisotopic (exact) mass is 474 g/mol. The third-order valence-corrected chi connectivity index (χ3v) is 6.89. The van der Waals surface area contributed by atoms with Gasteiger partial charge in [-0.15, -0.1) is 0 Å². The number of rotatable bonds is 2.